The maximum Gasteiger partial charge on any atom is 0.339 e. The number of halogens is 1. The predicted octanol–water partition coefficient (Wildman–Crippen LogP) is 4.55. The molecule has 0 spiro atoms. The van der Waals surface area contributed by atoms with Crippen LogP contribution in [0.2, 0.25) is 0 Å². The quantitative estimate of drug-likeness (QED) is 0.454. The number of carbonyl (C=O) groups is 1. The number of unbranched alkanes of at least 4 members (excludes halogenated alkanes) is 3. The number of nitrogen functional groups attached to an aromatic ring is 1. The van der Waals surface area contributed by atoms with Crippen LogP contribution in [0, 0.1) is 0 Å². The van der Waals surface area contributed by atoms with E-state index < -0.39 is 0 Å². The van der Waals surface area contributed by atoms with Crippen LogP contribution in [0.25, 0.3) is 0 Å². The number of rotatable bonds is 7. The summed E-state index contributed by atoms with van der Waals surface area (Å²) in [7, 11) is 0. The van der Waals surface area contributed by atoms with Gasteiger partial charge in [0.05, 0.1) is 11.7 Å². The lowest BCUT2D eigenvalue weighted by atomic mass is 10.1. The molecule has 0 amide bonds. The molecule has 0 aliphatic rings. The zero-order valence-electron chi connectivity index (χ0n) is 11.6. The van der Waals surface area contributed by atoms with Gasteiger partial charge in [0.15, 0.2) is 0 Å². The van der Waals surface area contributed by atoms with Gasteiger partial charge in [0.1, 0.15) is 0 Å². The van der Waals surface area contributed by atoms with Crippen molar-refractivity contribution in [1.82, 2.24) is 0 Å². The number of esters is 1. The normalized spacial score (nSPS) is 12.2. The van der Waals surface area contributed by atoms with Crippen LogP contribution in [0.4, 0.5) is 5.69 Å². The molecule has 0 aliphatic carbocycles. The molecule has 0 saturated heterocycles. The van der Waals surface area contributed by atoms with Gasteiger partial charge in [-0.2, -0.15) is 0 Å². The van der Waals surface area contributed by atoms with Crippen LogP contribution in [-0.2, 0) is 4.74 Å². The molecular weight excluding hydrogens is 306 g/mol. The van der Waals surface area contributed by atoms with Crippen molar-refractivity contribution in [2.24, 2.45) is 0 Å². The standard InChI is InChI=1S/C15H22BrNO2/c1-3-4-5-6-7-11(2)19-15(18)13-10-12(17)8-9-14(13)16/h8-11H,3-7,17H2,1-2H3. The van der Waals surface area contributed by atoms with Crippen LogP contribution < -0.4 is 5.73 Å². The highest BCUT2D eigenvalue weighted by Gasteiger charge is 2.15. The van der Waals surface area contributed by atoms with Gasteiger partial charge in [-0.1, -0.05) is 26.2 Å². The number of nitrogens with two attached hydrogens (primary N) is 1. The molecule has 0 bridgehead atoms. The van der Waals surface area contributed by atoms with Crippen LogP contribution in [0.5, 0.6) is 0 Å². The van der Waals surface area contributed by atoms with E-state index in [-0.39, 0.29) is 12.1 Å². The number of hydrogen-bond acceptors (Lipinski definition) is 3. The second kappa shape index (κ2) is 8.20. The molecule has 3 nitrogen and oxygen atoms in total. The minimum absolute atomic E-state index is 0.0577. The van der Waals surface area contributed by atoms with Gasteiger partial charge >= 0.3 is 5.97 Å². The summed E-state index contributed by atoms with van der Waals surface area (Å²) in [6, 6.07) is 5.14. The lowest BCUT2D eigenvalue weighted by Gasteiger charge is -2.14. The van der Waals surface area contributed by atoms with Gasteiger partial charge in [-0.3, -0.25) is 0 Å². The van der Waals surface area contributed by atoms with Gasteiger partial charge in [0, 0.05) is 10.2 Å². The Balaban J connectivity index is 2.47. The van der Waals surface area contributed by atoms with Crippen LogP contribution >= 0.6 is 15.9 Å². The first-order valence-corrected chi connectivity index (χ1v) is 7.60. The lowest BCUT2D eigenvalue weighted by Crippen LogP contribution is -2.15. The molecule has 106 valence electrons. The molecule has 0 heterocycles. The molecule has 1 aromatic carbocycles. The summed E-state index contributed by atoms with van der Waals surface area (Å²) in [4.78, 5) is 12.0. The van der Waals surface area contributed by atoms with Gasteiger partial charge in [0.25, 0.3) is 0 Å². The van der Waals surface area contributed by atoms with E-state index in [9.17, 15) is 4.79 Å². The fraction of sp³-hybridized carbons (Fsp3) is 0.533. The van der Waals surface area contributed by atoms with E-state index in [0.717, 1.165) is 12.8 Å². The highest BCUT2D eigenvalue weighted by Crippen LogP contribution is 2.21. The molecule has 0 aliphatic heterocycles. The Labute approximate surface area is 123 Å². The molecule has 19 heavy (non-hydrogen) atoms. The fourth-order valence-corrected chi connectivity index (χ4v) is 2.27. The maximum absolute atomic E-state index is 12.0. The second-order valence-electron chi connectivity index (χ2n) is 4.80. The minimum atomic E-state index is -0.317. The number of carbonyl (C=O) groups excluding carboxylic acids is 1. The van der Waals surface area contributed by atoms with Gasteiger partial charge in [-0.15, -0.1) is 0 Å². The Morgan fingerprint density at radius 1 is 1.37 bits per heavy atom. The second-order valence-corrected chi connectivity index (χ2v) is 5.66. The molecule has 0 fully saturated rings. The number of anilines is 1. The van der Waals surface area contributed by atoms with Crippen molar-refractivity contribution in [3.8, 4) is 0 Å². The summed E-state index contributed by atoms with van der Waals surface area (Å²) < 4.78 is 6.14. The minimum Gasteiger partial charge on any atom is -0.459 e. The fourth-order valence-electron chi connectivity index (χ4n) is 1.86. The number of hydrogen-bond donors (Lipinski definition) is 1. The Kier molecular flexibility index (Phi) is 6.92. The van der Waals surface area contributed by atoms with Crippen molar-refractivity contribution in [2.75, 3.05) is 5.73 Å². The van der Waals surface area contributed by atoms with E-state index in [2.05, 4.69) is 22.9 Å². The average molecular weight is 328 g/mol. The highest BCUT2D eigenvalue weighted by molar-refractivity contribution is 9.10. The molecule has 1 rings (SSSR count). The summed E-state index contributed by atoms with van der Waals surface area (Å²) in [6.45, 7) is 4.12. The third-order valence-corrected chi connectivity index (χ3v) is 3.67. The number of ether oxygens (including phenoxy) is 1. The number of benzene rings is 1. The zero-order chi connectivity index (χ0) is 14.3. The van der Waals surface area contributed by atoms with Crippen molar-refractivity contribution in [1.29, 1.82) is 0 Å². The third-order valence-electron chi connectivity index (χ3n) is 2.98. The third kappa shape index (κ3) is 5.64. The molecule has 2 N–H and O–H groups in total. The lowest BCUT2D eigenvalue weighted by molar-refractivity contribution is 0.0318. The molecule has 0 saturated carbocycles. The Bertz CT molecular complexity index is 421. The maximum atomic E-state index is 12.0. The highest BCUT2D eigenvalue weighted by atomic mass is 79.9. The van der Waals surface area contributed by atoms with Crippen LogP contribution in [0.15, 0.2) is 22.7 Å². The summed E-state index contributed by atoms with van der Waals surface area (Å²) in [5.41, 5.74) is 6.73. The van der Waals surface area contributed by atoms with Crippen LogP contribution in [0.3, 0.4) is 0 Å². The van der Waals surface area contributed by atoms with Gasteiger partial charge < -0.3 is 10.5 Å². The SMILES string of the molecule is CCCCCCC(C)OC(=O)c1cc(N)ccc1Br. The van der Waals surface area contributed by atoms with Crippen molar-refractivity contribution >= 4 is 27.6 Å². The Morgan fingerprint density at radius 2 is 2.11 bits per heavy atom. The van der Waals surface area contributed by atoms with Crippen LogP contribution in [0.1, 0.15) is 56.3 Å². The Morgan fingerprint density at radius 3 is 2.79 bits per heavy atom. The van der Waals surface area contributed by atoms with Crippen LogP contribution in [-0.4, -0.2) is 12.1 Å². The van der Waals surface area contributed by atoms with Gasteiger partial charge in [-0.25, -0.2) is 4.79 Å². The van der Waals surface area contributed by atoms with Crippen molar-refractivity contribution in [2.45, 2.75) is 52.1 Å². The first-order chi connectivity index (χ1) is 9.04. The zero-order valence-corrected chi connectivity index (χ0v) is 13.2. The van der Waals surface area contributed by atoms with Gasteiger partial charge in [0.2, 0.25) is 0 Å². The largest absolute Gasteiger partial charge is 0.459 e. The summed E-state index contributed by atoms with van der Waals surface area (Å²) in [5, 5.41) is 0. The smallest absolute Gasteiger partial charge is 0.339 e. The van der Waals surface area contributed by atoms with Gasteiger partial charge in [-0.05, 0) is 53.9 Å². The molecule has 1 aromatic rings. The first kappa shape index (κ1) is 16.0. The molecule has 0 aromatic heterocycles. The average Bonchev–Trinajstić information content (AvgIpc) is 2.37. The predicted molar refractivity (Wildman–Crippen MR) is 82.2 cm³/mol. The van der Waals surface area contributed by atoms with E-state index >= 15 is 0 Å². The molecule has 0 radical (unpaired) electrons. The summed E-state index contributed by atoms with van der Waals surface area (Å²) in [6.07, 6.45) is 5.59. The molecule has 1 atom stereocenters. The van der Waals surface area contributed by atoms with E-state index in [1.54, 1.807) is 18.2 Å². The molecular formula is C15H22BrNO2. The van der Waals surface area contributed by atoms with E-state index in [4.69, 9.17) is 10.5 Å². The summed E-state index contributed by atoms with van der Waals surface area (Å²) in [5.74, 6) is -0.317. The molecule has 1 unspecified atom stereocenters. The first-order valence-electron chi connectivity index (χ1n) is 6.80. The van der Waals surface area contributed by atoms with E-state index in [0.29, 0.717) is 15.7 Å². The monoisotopic (exact) mass is 327 g/mol. The summed E-state index contributed by atoms with van der Waals surface area (Å²) >= 11 is 3.34. The van der Waals surface area contributed by atoms with E-state index in [1.165, 1.54) is 19.3 Å². The topological polar surface area (TPSA) is 52.3 Å². The van der Waals surface area contributed by atoms with Crippen molar-refractivity contribution < 1.29 is 9.53 Å². The van der Waals surface area contributed by atoms with Crippen molar-refractivity contribution in [3.63, 3.8) is 0 Å². The Hall–Kier alpha value is -1.03. The van der Waals surface area contributed by atoms with Crippen molar-refractivity contribution in [3.05, 3.63) is 28.2 Å². The molecule has 4 heteroatoms. The van der Waals surface area contributed by atoms with E-state index in [1.807, 2.05) is 6.92 Å².